The van der Waals surface area contributed by atoms with E-state index >= 15 is 0 Å². The summed E-state index contributed by atoms with van der Waals surface area (Å²) in [6.07, 6.45) is 3.17. The van der Waals surface area contributed by atoms with Crippen LogP contribution in [0.5, 0.6) is 0 Å². The maximum atomic E-state index is 13.2. The van der Waals surface area contributed by atoms with Gasteiger partial charge in [0.25, 0.3) is 5.91 Å². The summed E-state index contributed by atoms with van der Waals surface area (Å²) in [5.74, 6) is -0.684. The second kappa shape index (κ2) is 7.74. The molecule has 2 N–H and O–H groups in total. The quantitative estimate of drug-likeness (QED) is 0.456. The van der Waals surface area contributed by atoms with E-state index in [0.717, 1.165) is 16.7 Å². The van der Waals surface area contributed by atoms with Gasteiger partial charge in [0.1, 0.15) is 17.2 Å². The fraction of sp³-hybridized carbons (Fsp3) is 0. The maximum absolute atomic E-state index is 13.2. The normalized spacial score (nSPS) is 10.6. The highest BCUT2D eigenvalue weighted by atomic mass is 79.9. The molecule has 0 unspecified atom stereocenters. The number of aromatic nitrogens is 3. The second-order valence-corrected chi connectivity index (χ2v) is 6.80. The molecular weight excluding hydrogens is 423 g/mol. The van der Waals surface area contributed by atoms with Crippen molar-refractivity contribution in [1.82, 2.24) is 15.2 Å². The summed E-state index contributed by atoms with van der Waals surface area (Å²) in [7, 11) is 0. The van der Waals surface area contributed by atoms with E-state index < -0.39 is 0 Å². The van der Waals surface area contributed by atoms with Gasteiger partial charge in [0.05, 0.1) is 16.4 Å². The first-order chi connectivity index (χ1) is 13.6. The zero-order valence-electron chi connectivity index (χ0n) is 14.5. The number of hydrogen-bond donors (Lipinski definition) is 2. The summed E-state index contributed by atoms with van der Waals surface area (Å²) in [4.78, 5) is 16.9. The Morgan fingerprint density at radius 2 is 1.75 bits per heavy atom. The third kappa shape index (κ3) is 3.57. The number of anilines is 1. The molecule has 2 aromatic heterocycles. The second-order valence-electron chi connectivity index (χ2n) is 6.01. The lowest BCUT2D eigenvalue weighted by molar-refractivity contribution is 0.102. The topological polar surface area (TPSA) is 70.7 Å². The number of carbonyl (C=O) groups is 1. The van der Waals surface area contributed by atoms with Crippen molar-refractivity contribution in [2.24, 2.45) is 0 Å². The summed E-state index contributed by atoms with van der Waals surface area (Å²) in [5, 5.41) is 9.88. The van der Waals surface area contributed by atoms with Crippen LogP contribution in [0.3, 0.4) is 0 Å². The maximum Gasteiger partial charge on any atom is 0.274 e. The smallest absolute Gasteiger partial charge is 0.274 e. The van der Waals surface area contributed by atoms with Gasteiger partial charge in [-0.2, -0.15) is 5.10 Å². The van der Waals surface area contributed by atoms with E-state index in [9.17, 15) is 9.18 Å². The van der Waals surface area contributed by atoms with Crippen LogP contribution < -0.4 is 5.32 Å². The number of rotatable bonds is 4. The number of halogens is 2. The third-order valence-electron chi connectivity index (χ3n) is 4.21. The van der Waals surface area contributed by atoms with Gasteiger partial charge in [-0.15, -0.1) is 0 Å². The molecule has 28 heavy (non-hydrogen) atoms. The van der Waals surface area contributed by atoms with Crippen molar-refractivity contribution in [1.29, 1.82) is 0 Å². The largest absolute Gasteiger partial charge is 0.319 e. The van der Waals surface area contributed by atoms with Crippen molar-refractivity contribution < 1.29 is 9.18 Å². The van der Waals surface area contributed by atoms with E-state index in [1.807, 2.05) is 30.3 Å². The van der Waals surface area contributed by atoms with Gasteiger partial charge >= 0.3 is 0 Å². The minimum absolute atomic E-state index is 0.299. The first-order valence-electron chi connectivity index (χ1n) is 8.44. The number of carbonyl (C=O) groups excluding carboxylic acids is 1. The molecule has 5 nitrogen and oxygen atoms in total. The Morgan fingerprint density at radius 3 is 2.50 bits per heavy atom. The molecular formula is C21H14BrFN4O. The number of H-pyrrole nitrogens is 1. The molecule has 2 aromatic carbocycles. The predicted molar refractivity (Wildman–Crippen MR) is 109 cm³/mol. The third-order valence-corrected chi connectivity index (χ3v) is 4.98. The van der Waals surface area contributed by atoms with Gasteiger partial charge in [0, 0.05) is 17.3 Å². The molecule has 7 heteroatoms. The highest BCUT2D eigenvalue weighted by Crippen LogP contribution is 2.31. The Bertz CT molecular complexity index is 1130. The first kappa shape index (κ1) is 18.1. The molecule has 0 aliphatic rings. The summed E-state index contributed by atoms with van der Waals surface area (Å²) >= 11 is 3.46. The number of nitrogens with one attached hydrogen (secondary N) is 2. The Hall–Kier alpha value is -3.32. The van der Waals surface area contributed by atoms with E-state index in [1.54, 1.807) is 30.6 Å². The summed E-state index contributed by atoms with van der Waals surface area (Å²) < 4.78 is 13.8. The van der Waals surface area contributed by atoms with Crippen LogP contribution in [0, 0.1) is 5.82 Å². The molecule has 0 saturated heterocycles. The van der Waals surface area contributed by atoms with E-state index in [4.69, 9.17) is 0 Å². The molecule has 4 rings (SSSR count). The fourth-order valence-electron chi connectivity index (χ4n) is 2.83. The fourth-order valence-corrected chi connectivity index (χ4v) is 3.41. The molecule has 0 fully saturated rings. The SMILES string of the molecule is O=C(Nc1cnccc1-c1ccc(F)cc1)c1[nH]nc(-c2ccccc2)c1Br. The van der Waals surface area contributed by atoms with Crippen LogP contribution in [-0.4, -0.2) is 21.1 Å². The highest BCUT2D eigenvalue weighted by Gasteiger charge is 2.19. The molecule has 0 bridgehead atoms. The molecule has 0 saturated carbocycles. The number of pyridine rings is 1. The minimum atomic E-state index is -0.363. The van der Waals surface area contributed by atoms with Crippen LogP contribution in [0.1, 0.15) is 10.5 Å². The molecule has 1 amide bonds. The van der Waals surface area contributed by atoms with E-state index in [2.05, 4.69) is 36.4 Å². The molecule has 0 radical (unpaired) electrons. The average Bonchev–Trinajstić information content (AvgIpc) is 3.11. The number of amides is 1. The van der Waals surface area contributed by atoms with Crippen molar-refractivity contribution in [3.05, 3.63) is 89.0 Å². The van der Waals surface area contributed by atoms with Crippen molar-refractivity contribution in [3.63, 3.8) is 0 Å². The van der Waals surface area contributed by atoms with Crippen LogP contribution in [0.15, 0.2) is 77.5 Å². The van der Waals surface area contributed by atoms with E-state index in [0.29, 0.717) is 21.5 Å². The van der Waals surface area contributed by atoms with Gasteiger partial charge in [0.15, 0.2) is 0 Å². The Morgan fingerprint density at radius 1 is 1.00 bits per heavy atom. The Balaban J connectivity index is 1.64. The Labute approximate surface area is 168 Å². The molecule has 0 aliphatic carbocycles. The van der Waals surface area contributed by atoms with Crippen molar-refractivity contribution in [2.75, 3.05) is 5.32 Å². The van der Waals surface area contributed by atoms with Gasteiger partial charge in [-0.25, -0.2) is 4.39 Å². The van der Waals surface area contributed by atoms with Crippen LogP contribution in [0.2, 0.25) is 0 Å². The molecule has 0 spiro atoms. The van der Waals surface area contributed by atoms with Gasteiger partial charge in [-0.3, -0.25) is 14.9 Å². The lowest BCUT2D eigenvalue weighted by atomic mass is 10.1. The zero-order chi connectivity index (χ0) is 19.5. The van der Waals surface area contributed by atoms with Gasteiger partial charge in [-0.1, -0.05) is 42.5 Å². The van der Waals surface area contributed by atoms with Crippen LogP contribution in [0.4, 0.5) is 10.1 Å². The van der Waals surface area contributed by atoms with Crippen LogP contribution in [-0.2, 0) is 0 Å². The van der Waals surface area contributed by atoms with Gasteiger partial charge in [-0.05, 0) is 39.7 Å². The van der Waals surface area contributed by atoms with Crippen LogP contribution >= 0.6 is 15.9 Å². The molecule has 138 valence electrons. The number of nitrogens with zero attached hydrogens (tertiary/aromatic N) is 2. The van der Waals surface area contributed by atoms with E-state index in [-0.39, 0.29) is 11.7 Å². The van der Waals surface area contributed by atoms with Crippen molar-refractivity contribution >= 4 is 27.5 Å². The number of hydrogen-bond acceptors (Lipinski definition) is 3. The monoisotopic (exact) mass is 436 g/mol. The standard InChI is InChI=1S/C21H14BrFN4O/c22-18-19(14-4-2-1-3-5-14)26-27-20(18)21(28)25-17-12-24-11-10-16(17)13-6-8-15(23)9-7-13/h1-12H,(H,25,28)(H,26,27). The number of benzene rings is 2. The van der Waals surface area contributed by atoms with Crippen molar-refractivity contribution in [2.45, 2.75) is 0 Å². The molecule has 4 aromatic rings. The van der Waals surface area contributed by atoms with Crippen molar-refractivity contribution in [3.8, 4) is 22.4 Å². The van der Waals surface area contributed by atoms with Gasteiger partial charge < -0.3 is 5.32 Å². The Kier molecular flexibility index (Phi) is 4.99. The molecule has 0 atom stereocenters. The first-order valence-corrected chi connectivity index (χ1v) is 9.23. The zero-order valence-corrected chi connectivity index (χ0v) is 16.1. The summed E-state index contributed by atoms with van der Waals surface area (Å²) in [6, 6.07) is 17.4. The summed E-state index contributed by atoms with van der Waals surface area (Å²) in [6.45, 7) is 0. The number of aromatic amines is 1. The predicted octanol–water partition coefficient (Wildman–Crippen LogP) is 5.29. The van der Waals surface area contributed by atoms with E-state index in [1.165, 1.54) is 12.1 Å². The lowest BCUT2D eigenvalue weighted by Gasteiger charge is -2.10. The minimum Gasteiger partial charge on any atom is -0.319 e. The lowest BCUT2D eigenvalue weighted by Crippen LogP contribution is -2.14. The summed E-state index contributed by atoms with van der Waals surface area (Å²) in [5.41, 5.74) is 3.86. The molecule has 0 aliphatic heterocycles. The molecule has 2 heterocycles. The van der Waals surface area contributed by atoms with Crippen LogP contribution in [0.25, 0.3) is 22.4 Å². The highest BCUT2D eigenvalue weighted by molar-refractivity contribution is 9.10. The van der Waals surface area contributed by atoms with Gasteiger partial charge in [0.2, 0.25) is 0 Å². The average molecular weight is 437 g/mol.